The third-order valence-corrected chi connectivity index (χ3v) is 7.38. The smallest absolute Gasteiger partial charge is 0.152 e. The highest BCUT2D eigenvalue weighted by atomic mass is 32.2. The Hall–Kier alpha value is -0.130. The summed E-state index contributed by atoms with van der Waals surface area (Å²) >= 11 is 0. The fourth-order valence-corrected chi connectivity index (χ4v) is 6.83. The van der Waals surface area contributed by atoms with E-state index in [4.69, 9.17) is 0 Å². The van der Waals surface area contributed by atoms with E-state index < -0.39 is 9.84 Å². The number of nitrogens with zero attached hydrogens (tertiary/aromatic N) is 1. The van der Waals surface area contributed by atoms with E-state index in [1.54, 1.807) is 0 Å². The summed E-state index contributed by atoms with van der Waals surface area (Å²) in [4.78, 5) is 2.61. The summed E-state index contributed by atoms with van der Waals surface area (Å²) in [5.74, 6) is 0.756. The number of fused-ring (bicyclic) bond motifs is 2. The van der Waals surface area contributed by atoms with Crippen LogP contribution in [0.3, 0.4) is 0 Å². The van der Waals surface area contributed by atoms with Gasteiger partial charge in [0.1, 0.15) is 0 Å². The summed E-state index contributed by atoms with van der Waals surface area (Å²) in [6.45, 7) is 2.18. The molecule has 0 aromatic heterocycles. The second kappa shape index (κ2) is 4.71. The zero-order chi connectivity index (χ0) is 13.7. The van der Waals surface area contributed by atoms with Crippen molar-refractivity contribution in [2.75, 3.05) is 18.6 Å². The molecule has 0 saturated carbocycles. The topological polar surface area (TPSA) is 49.4 Å². The summed E-state index contributed by atoms with van der Waals surface area (Å²) in [7, 11) is -0.757. The van der Waals surface area contributed by atoms with Crippen molar-refractivity contribution in [3.8, 4) is 0 Å². The first-order valence-corrected chi connectivity index (χ1v) is 9.42. The van der Waals surface area contributed by atoms with E-state index in [1.165, 1.54) is 32.1 Å². The lowest BCUT2D eigenvalue weighted by atomic mass is 9.77. The molecule has 19 heavy (non-hydrogen) atoms. The molecule has 2 bridgehead atoms. The van der Waals surface area contributed by atoms with Gasteiger partial charge in [0.2, 0.25) is 0 Å². The minimum absolute atomic E-state index is 0.104. The Morgan fingerprint density at radius 1 is 1.21 bits per heavy atom. The maximum Gasteiger partial charge on any atom is 0.152 e. The van der Waals surface area contributed by atoms with Gasteiger partial charge in [-0.25, -0.2) is 8.42 Å². The molecule has 4 nitrogen and oxygen atoms in total. The predicted molar refractivity (Wildman–Crippen MR) is 77.0 cm³/mol. The molecule has 0 aliphatic carbocycles. The highest BCUT2D eigenvalue weighted by molar-refractivity contribution is 7.91. The SMILES string of the molecule is CNC1CC2CCCC(C1)N2C1(C)CCS(=O)(=O)C1. The van der Waals surface area contributed by atoms with E-state index in [2.05, 4.69) is 24.2 Å². The molecule has 3 saturated heterocycles. The van der Waals surface area contributed by atoms with Crippen molar-refractivity contribution >= 4 is 9.84 Å². The molecule has 0 amide bonds. The van der Waals surface area contributed by atoms with Crippen molar-refractivity contribution < 1.29 is 8.42 Å². The van der Waals surface area contributed by atoms with Gasteiger partial charge in [-0.2, -0.15) is 0 Å². The van der Waals surface area contributed by atoms with Crippen LogP contribution in [-0.2, 0) is 9.84 Å². The standard InChI is InChI=1S/C14H26N2O2S/c1-14(6-7-19(17,18)10-14)16-12-4-3-5-13(16)9-11(8-12)15-2/h11-13,15H,3-10H2,1-2H3. The van der Waals surface area contributed by atoms with Crippen molar-refractivity contribution in [3.05, 3.63) is 0 Å². The van der Waals surface area contributed by atoms with Crippen molar-refractivity contribution in [2.24, 2.45) is 0 Å². The van der Waals surface area contributed by atoms with Crippen molar-refractivity contribution in [3.63, 3.8) is 0 Å². The number of hydrogen-bond acceptors (Lipinski definition) is 4. The lowest BCUT2D eigenvalue weighted by Crippen LogP contribution is -2.64. The molecule has 3 unspecified atom stereocenters. The van der Waals surface area contributed by atoms with Crippen molar-refractivity contribution in [1.29, 1.82) is 0 Å². The molecule has 3 aliphatic heterocycles. The van der Waals surface area contributed by atoms with Crippen LogP contribution in [0.25, 0.3) is 0 Å². The first kappa shape index (κ1) is 13.8. The highest BCUT2D eigenvalue weighted by Crippen LogP contribution is 2.42. The number of sulfone groups is 1. The van der Waals surface area contributed by atoms with Crippen LogP contribution in [0.5, 0.6) is 0 Å². The van der Waals surface area contributed by atoms with Crippen LogP contribution in [0.4, 0.5) is 0 Å². The van der Waals surface area contributed by atoms with E-state index in [1.807, 2.05) is 0 Å². The lowest BCUT2D eigenvalue weighted by Gasteiger charge is -2.55. The first-order chi connectivity index (χ1) is 8.93. The highest BCUT2D eigenvalue weighted by Gasteiger charge is 2.50. The molecule has 3 atom stereocenters. The van der Waals surface area contributed by atoms with E-state index in [0.29, 0.717) is 29.6 Å². The third kappa shape index (κ3) is 2.45. The van der Waals surface area contributed by atoms with Gasteiger partial charge in [0.05, 0.1) is 11.5 Å². The van der Waals surface area contributed by atoms with Gasteiger partial charge in [0, 0.05) is 23.7 Å². The third-order valence-electron chi connectivity index (χ3n) is 5.49. The molecule has 3 aliphatic rings. The molecular formula is C14H26N2O2S. The Kier molecular flexibility index (Phi) is 3.43. The Bertz CT molecular complexity index is 436. The monoisotopic (exact) mass is 286 g/mol. The van der Waals surface area contributed by atoms with Crippen LogP contribution < -0.4 is 5.32 Å². The Morgan fingerprint density at radius 3 is 2.32 bits per heavy atom. The van der Waals surface area contributed by atoms with Crippen LogP contribution in [0.15, 0.2) is 0 Å². The Morgan fingerprint density at radius 2 is 1.84 bits per heavy atom. The van der Waals surface area contributed by atoms with Gasteiger partial charge in [-0.1, -0.05) is 6.42 Å². The van der Waals surface area contributed by atoms with Crippen LogP contribution >= 0.6 is 0 Å². The quantitative estimate of drug-likeness (QED) is 0.828. The molecule has 5 heteroatoms. The van der Waals surface area contributed by atoms with Gasteiger partial charge in [-0.3, -0.25) is 4.90 Å². The van der Waals surface area contributed by atoms with Gasteiger partial charge in [-0.05, 0) is 46.1 Å². The summed E-state index contributed by atoms with van der Waals surface area (Å²) < 4.78 is 23.8. The van der Waals surface area contributed by atoms with Gasteiger partial charge in [0.15, 0.2) is 9.84 Å². The molecule has 0 aromatic rings. The number of nitrogens with one attached hydrogen (secondary N) is 1. The summed E-state index contributed by atoms with van der Waals surface area (Å²) in [6, 6.07) is 1.79. The molecule has 0 spiro atoms. The van der Waals surface area contributed by atoms with Crippen molar-refractivity contribution in [2.45, 2.75) is 69.1 Å². The van der Waals surface area contributed by atoms with Gasteiger partial charge < -0.3 is 5.32 Å². The molecule has 3 rings (SSSR count). The molecule has 0 aromatic carbocycles. The molecule has 3 heterocycles. The normalized spacial score (nSPS) is 46.3. The average Bonchev–Trinajstić information content (AvgIpc) is 2.63. The van der Waals surface area contributed by atoms with Crippen LogP contribution in [0.1, 0.15) is 45.4 Å². The van der Waals surface area contributed by atoms with E-state index >= 15 is 0 Å². The van der Waals surface area contributed by atoms with Crippen LogP contribution in [-0.4, -0.2) is 55.5 Å². The minimum atomic E-state index is -2.81. The lowest BCUT2D eigenvalue weighted by molar-refractivity contribution is -0.0442. The van der Waals surface area contributed by atoms with E-state index in [-0.39, 0.29) is 5.54 Å². The zero-order valence-electron chi connectivity index (χ0n) is 12.1. The maximum absolute atomic E-state index is 11.9. The summed E-state index contributed by atoms with van der Waals surface area (Å²) in [5, 5.41) is 3.43. The fourth-order valence-electron chi connectivity index (χ4n) is 4.70. The molecule has 0 radical (unpaired) electrons. The van der Waals surface area contributed by atoms with E-state index in [0.717, 1.165) is 6.42 Å². The zero-order valence-corrected chi connectivity index (χ0v) is 12.9. The average molecular weight is 286 g/mol. The molecular weight excluding hydrogens is 260 g/mol. The van der Waals surface area contributed by atoms with Gasteiger partial charge >= 0.3 is 0 Å². The number of piperidine rings is 2. The van der Waals surface area contributed by atoms with Crippen LogP contribution in [0, 0.1) is 0 Å². The maximum atomic E-state index is 11.9. The first-order valence-electron chi connectivity index (χ1n) is 7.60. The van der Waals surface area contributed by atoms with E-state index in [9.17, 15) is 8.42 Å². The number of hydrogen-bond donors (Lipinski definition) is 1. The molecule has 3 fully saturated rings. The van der Waals surface area contributed by atoms with Crippen LogP contribution in [0.2, 0.25) is 0 Å². The molecule has 110 valence electrons. The summed E-state index contributed by atoms with van der Waals surface area (Å²) in [6.07, 6.45) is 6.98. The second-order valence-corrected chi connectivity index (χ2v) is 9.13. The fraction of sp³-hybridized carbons (Fsp3) is 1.00. The van der Waals surface area contributed by atoms with Gasteiger partial charge in [-0.15, -0.1) is 0 Å². The Balaban J connectivity index is 1.85. The van der Waals surface area contributed by atoms with Gasteiger partial charge in [0.25, 0.3) is 0 Å². The second-order valence-electron chi connectivity index (χ2n) is 6.94. The number of rotatable bonds is 2. The Labute approximate surface area is 116 Å². The summed E-state index contributed by atoms with van der Waals surface area (Å²) in [5.41, 5.74) is -0.104. The largest absolute Gasteiger partial charge is 0.317 e. The molecule has 1 N–H and O–H groups in total. The predicted octanol–water partition coefficient (Wildman–Crippen LogP) is 1.17. The van der Waals surface area contributed by atoms with Crippen molar-refractivity contribution in [1.82, 2.24) is 10.2 Å². The minimum Gasteiger partial charge on any atom is -0.317 e.